The lowest BCUT2D eigenvalue weighted by Gasteiger charge is -2.33. The van der Waals surface area contributed by atoms with Gasteiger partial charge in [0.1, 0.15) is 5.69 Å². The number of aryl methyl sites for hydroxylation is 6. The Balaban J connectivity index is 1.82. The molecule has 0 amide bonds. The van der Waals surface area contributed by atoms with Crippen LogP contribution in [0, 0.1) is 41.5 Å². The standard InChI is InChI=1S/C46H41N2OP/c1-30-22-24-32(3)39(26-30)43-44(48-42-29-35(6)34(5)28-41(42)47-43)46(45(49)40-27-31(2)23-25-33(40)4)50(36-16-10-7-11-17-36,37-18-12-8-13-19-37)38-20-14-9-15-21-38/h7-29H,1-6H3. The van der Waals surface area contributed by atoms with Crippen molar-refractivity contribution in [1.82, 2.24) is 9.97 Å². The van der Waals surface area contributed by atoms with Gasteiger partial charge in [-0.05, 0) is 111 Å². The lowest BCUT2D eigenvalue weighted by atomic mass is 9.95. The van der Waals surface area contributed by atoms with Crippen LogP contribution in [-0.2, 0) is 0 Å². The van der Waals surface area contributed by atoms with E-state index in [0.29, 0.717) is 16.6 Å². The molecule has 0 bridgehead atoms. The van der Waals surface area contributed by atoms with Gasteiger partial charge in [0.25, 0.3) is 0 Å². The zero-order valence-corrected chi connectivity index (χ0v) is 30.4. The quantitative estimate of drug-likeness (QED) is 0.126. The van der Waals surface area contributed by atoms with Crippen LogP contribution in [0.5, 0.6) is 0 Å². The van der Waals surface area contributed by atoms with Crippen molar-refractivity contribution < 1.29 is 4.79 Å². The molecule has 0 atom stereocenters. The van der Waals surface area contributed by atoms with Crippen LogP contribution >= 0.6 is 6.89 Å². The molecule has 1 aromatic heterocycles. The molecule has 4 heteroatoms. The number of carbonyl (C=O) groups is 1. The minimum atomic E-state index is -2.95. The Kier molecular flexibility index (Phi) is 8.95. The summed E-state index contributed by atoms with van der Waals surface area (Å²) in [6.07, 6.45) is 0. The second-order valence-electron chi connectivity index (χ2n) is 13.3. The van der Waals surface area contributed by atoms with Gasteiger partial charge >= 0.3 is 0 Å². The third-order valence-electron chi connectivity index (χ3n) is 9.77. The molecule has 1 heterocycles. The van der Waals surface area contributed by atoms with Crippen LogP contribution in [0.25, 0.3) is 22.3 Å². The maximum Gasteiger partial charge on any atom is 0.196 e. The van der Waals surface area contributed by atoms with E-state index < -0.39 is 6.89 Å². The Bertz CT molecular complexity index is 2350. The molecule has 0 radical (unpaired) electrons. The highest BCUT2D eigenvalue weighted by Crippen LogP contribution is 2.49. The lowest BCUT2D eigenvalue weighted by Crippen LogP contribution is -2.35. The highest BCUT2D eigenvalue weighted by atomic mass is 31.2. The summed E-state index contributed by atoms with van der Waals surface area (Å²) in [5.74, 6) is -0.0277. The molecule has 7 aromatic rings. The zero-order valence-electron chi connectivity index (χ0n) is 29.5. The SMILES string of the molecule is Cc1ccc(C)c(C(=O)C(c2nc3cc(C)c(C)cc3nc2-c2cc(C)ccc2C)=P(c2ccccc2)(c2ccccc2)c2ccccc2)c1. The summed E-state index contributed by atoms with van der Waals surface area (Å²) in [5, 5.41) is 3.93. The van der Waals surface area contributed by atoms with Crippen molar-refractivity contribution in [1.29, 1.82) is 0 Å². The van der Waals surface area contributed by atoms with Crippen LogP contribution in [-0.4, -0.2) is 21.0 Å². The topological polar surface area (TPSA) is 42.9 Å². The molecule has 246 valence electrons. The third-order valence-corrected chi connectivity index (χ3v) is 14.1. The first kappa shape index (κ1) is 33.1. The van der Waals surface area contributed by atoms with Gasteiger partial charge in [0.05, 0.1) is 22.0 Å². The average Bonchev–Trinajstić information content (AvgIpc) is 3.13. The number of ketones is 1. The van der Waals surface area contributed by atoms with Crippen LogP contribution in [0.4, 0.5) is 0 Å². The van der Waals surface area contributed by atoms with Gasteiger partial charge in [-0.15, -0.1) is 0 Å². The third kappa shape index (κ3) is 5.82. The molecule has 6 aromatic carbocycles. The smallest absolute Gasteiger partial charge is 0.196 e. The summed E-state index contributed by atoms with van der Waals surface area (Å²) in [4.78, 5) is 27.0. The van der Waals surface area contributed by atoms with Crippen molar-refractivity contribution >= 4 is 44.9 Å². The zero-order chi connectivity index (χ0) is 35.0. The van der Waals surface area contributed by atoms with E-state index in [1.54, 1.807) is 0 Å². The van der Waals surface area contributed by atoms with E-state index in [4.69, 9.17) is 9.97 Å². The Labute approximate surface area is 295 Å². The molecular weight excluding hydrogens is 627 g/mol. The molecule has 3 nitrogen and oxygen atoms in total. The predicted molar refractivity (Wildman–Crippen MR) is 213 cm³/mol. The van der Waals surface area contributed by atoms with E-state index in [1.165, 1.54) is 0 Å². The number of aromatic nitrogens is 2. The Hall–Kier alpha value is -5.37. The molecule has 0 saturated carbocycles. The fourth-order valence-corrected chi connectivity index (χ4v) is 11.4. The van der Waals surface area contributed by atoms with Crippen molar-refractivity contribution in [3.63, 3.8) is 0 Å². The van der Waals surface area contributed by atoms with Gasteiger partial charge in [0.15, 0.2) is 5.78 Å². The van der Waals surface area contributed by atoms with Crippen LogP contribution in [0.1, 0.15) is 49.4 Å². The Morgan fingerprint density at radius 3 is 1.46 bits per heavy atom. The van der Waals surface area contributed by atoms with Gasteiger partial charge in [-0.1, -0.05) is 126 Å². The molecule has 0 aliphatic carbocycles. The largest absolute Gasteiger partial charge is 0.288 e. The number of benzene rings is 6. The summed E-state index contributed by atoms with van der Waals surface area (Å²) in [5.41, 5.74) is 11.1. The van der Waals surface area contributed by atoms with E-state index in [2.05, 4.69) is 143 Å². The summed E-state index contributed by atoms with van der Waals surface area (Å²) in [6, 6.07) is 48.6. The lowest BCUT2D eigenvalue weighted by molar-refractivity contribution is 0.106. The highest BCUT2D eigenvalue weighted by Gasteiger charge is 2.37. The van der Waals surface area contributed by atoms with Gasteiger partial charge in [-0.2, -0.15) is 0 Å². The second-order valence-corrected chi connectivity index (χ2v) is 16.7. The van der Waals surface area contributed by atoms with Crippen LogP contribution in [0.2, 0.25) is 0 Å². The van der Waals surface area contributed by atoms with Crippen molar-refractivity contribution in [3.8, 4) is 11.3 Å². The molecule has 0 unspecified atom stereocenters. The monoisotopic (exact) mass is 668 g/mol. The van der Waals surface area contributed by atoms with Crippen molar-refractivity contribution in [2.45, 2.75) is 41.5 Å². The Morgan fingerprint density at radius 2 is 0.940 bits per heavy atom. The van der Waals surface area contributed by atoms with Gasteiger partial charge in [-0.25, -0.2) is 9.97 Å². The van der Waals surface area contributed by atoms with Crippen molar-refractivity contribution in [2.24, 2.45) is 0 Å². The fraction of sp³-hybridized carbons (Fsp3) is 0.130. The number of rotatable bonds is 7. The molecule has 0 fully saturated rings. The molecule has 0 aliphatic rings. The molecule has 7 rings (SSSR count). The molecular formula is C46H41N2OP. The van der Waals surface area contributed by atoms with Crippen LogP contribution in [0.15, 0.2) is 140 Å². The van der Waals surface area contributed by atoms with E-state index >= 15 is 4.79 Å². The highest BCUT2D eigenvalue weighted by molar-refractivity contribution is 7.97. The molecule has 50 heavy (non-hydrogen) atoms. The van der Waals surface area contributed by atoms with Gasteiger partial charge in [-0.3, -0.25) is 4.79 Å². The predicted octanol–water partition coefficient (Wildman–Crippen LogP) is 9.54. The first-order chi connectivity index (χ1) is 24.2. The number of carbonyl (C=O) groups excluding carboxylic acids is 1. The average molecular weight is 669 g/mol. The maximum atomic E-state index is 16.0. The fourth-order valence-electron chi connectivity index (χ4n) is 6.97. The second kappa shape index (κ2) is 13.5. The normalized spacial score (nSPS) is 11.5. The summed E-state index contributed by atoms with van der Waals surface area (Å²) >= 11 is 0. The first-order valence-electron chi connectivity index (χ1n) is 17.1. The van der Waals surface area contributed by atoms with Crippen molar-refractivity contribution in [2.75, 3.05) is 0 Å². The number of hydrogen-bond donors (Lipinski definition) is 0. The van der Waals surface area contributed by atoms with E-state index in [1.807, 2.05) is 38.1 Å². The summed E-state index contributed by atoms with van der Waals surface area (Å²) < 4.78 is 0. The number of hydrogen-bond acceptors (Lipinski definition) is 3. The number of fused-ring (bicyclic) bond motifs is 1. The Morgan fingerprint density at radius 1 is 0.480 bits per heavy atom. The minimum absolute atomic E-state index is 0.0277. The van der Waals surface area contributed by atoms with Gasteiger partial charge < -0.3 is 0 Å². The van der Waals surface area contributed by atoms with E-state index in [0.717, 1.165) is 71.6 Å². The van der Waals surface area contributed by atoms with E-state index in [-0.39, 0.29) is 5.78 Å². The molecule has 0 aliphatic heterocycles. The van der Waals surface area contributed by atoms with E-state index in [9.17, 15) is 0 Å². The van der Waals surface area contributed by atoms with Crippen molar-refractivity contribution in [3.05, 3.63) is 184 Å². The first-order valence-corrected chi connectivity index (χ1v) is 18.9. The summed E-state index contributed by atoms with van der Waals surface area (Å²) in [7, 11) is 0. The maximum absolute atomic E-state index is 16.0. The molecule has 0 saturated heterocycles. The number of nitrogens with zero attached hydrogens (tertiary/aromatic N) is 2. The molecule has 0 spiro atoms. The van der Waals surface area contributed by atoms with Crippen LogP contribution in [0.3, 0.4) is 0 Å². The number of Topliss-reactive ketones (excluding diaryl/α,β-unsaturated/α-hetero) is 1. The summed E-state index contributed by atoms with van der Waals surface area (Å²) in [6.45, 7) is 9.56. The van der Waals surface area contributed by atoms with Gasteiger partial charge in [0.2, 0.25) is 0 Å². The molecule has 0 N–H and O–H groups in total. The van der Waals surface area contributed by atoms with Crippen LogP contribution < -0.4 is 15.9 Å². The minimum Gasteiger partial charge on any atom is -0.288 e. The van der Waals surface area contributed by atoms with Gasteiger partial charge in [0, 0.05) is 11.1 Å².